The van der Waals surface area contributed by atoms with Gasteiger partial charge in [0.05, 0.1) is 23.2 Å². The molecule has 6 nitrogen and oxygen atoms in total. The van der Waals surface area contributed by atoms with Crippen LogP contribution in [0.1, 0.15) is 78.9 Å². The maximum absolute atomic E-state index is 14.0. The van der Waals surface area contributed by atoms with Gasteiger partial charge < -0.3 is 14.9 Å². The van der Waals surface area contributed by atoms with Crippen molar-refractivity contribution in [3.63, 3.8) is 0 Å². The smallest absolute Gasteiger partial charge is 0.416 e. The van der Waals surface area contributed by atoms with Gasteiger partial charge in [0, 0.05) is 39.6 Å². The first-order valence-corrected chi connectivity index (χ1v) is 15.0. The van der Waals surface area contributed by atoms with Crippen LogP contribution in [0.3, 0.4) is 0 Å². The van der Waals surface area contributed by atoms with Crippen LogP contribution >= 0.6 is 0 Å². The van der Waals surface area contributed by atoms with Gasteiger partial charge in [0.1, 0.15) is 5.82 Å². The van der Waals surface area contributed by atoms with Gasteiger partial charge in [-0.2, -0.15) is 26.3 Å². The summed E-state index contributed by atoms with van der Waals surface area (Å²) in [5, 5.41) is 9.11. The molecule has 0 spiro atoms. The lowest BCUT2D eigenvalue weighted by molar-refractivity contribution is -0.143. The Bertz CT molecular complexity index is 1340. The largest absolute Gasteiger partial charge is 0.481 e. The molecule has 45 heavy (non-hydrogen) atoms. The number of carbonyl (C=O) groups is 2. The fraction of sp³-hybridized carbons (Fsp3) is 0.562. The molecule has 1 N–H and O–H groups in total. The Kier molecular flexibility index (Phi) is 10.4. The Morgan fingerprint density at radius 2 is 1.51 bits per heavy atom. The van der Waals surface area contributed by atoms with Crippen LogP contribution in [0.4, 0.5) is 35.5 Å². The Balaban J connectivity index is 1.56. The highest BCUT2D eigenvalue weighted by molar-refractivity contribution is 5.75. The summed E-state index contributed by atoms with van der Waals surface area (Å²) in [7, 11) is 1.34. The van der Waals surface area contributed by atoms with E-state index in [1.54, 1.807) is 17.9 Å². The average Bonchev–Trinajstić information content (AvgIpc) is 2.95. The number of carboxylic acids is 1. The van der Waals surface area contributed by atoms with Crippen LogP contribution < -0.4 is 0 Å². The minimum Gasteiger partial charge on any atom is -0.481 e. The number of carbonyl (C=O) groups excluding carboxylic acids is 1. The van der Waals surface area contributed by atoms with Crippen molar-refractivity contribution < 1.29 is 45.4 Å². The molecule has 1 saturated heterocycles. The van der Waals surface area contributed by atoms with Crippen LogP contribution in [0.2, 0.25) is 0 Å². The molecule has 1 aliphatic heterocycles. The van der Waals surface area contributed by atoms with Crippen LogP contribution in [0.25, 0.3) is 0 Å². The van der Waals surface area contributed by atoms with Gasteiger partial charge in [-0.3, -0.25) is 9.69 Å². The highest BCUT2D eigenvalue weighted by Gasteiger charge is 2.39. The predicted molar refractivity (Wildman–Crippen MR) is 153 cm³/mol. The molecule has 1 heterocycles. The van der Waals surface area contributed by atoms with E-state index in [0.717, 1.165) is 37.1 Å². The number of aryl methyl sites for hydroxylation is 1. The molecule has 2 fully saturated rings. The Labute approximate surface area is 257 Å². The zero-order chi connectivity index (χ0) is 33.3. The Morgan fingerprint density at radius 3 is 2.04 bits per heavy atom. The van der Waals surface area contributed by atoms with Crippen molar-refractivity contribution in [1.82, 2.24) is 14.7 Å². The van der Waals surface area contributed by atoms with E-state index >= 15 is 0 Å². The number of nitrogens with zero attached hydrogens (tertiary/aromatic N) is 3. The van der Waals surface area contributed by atoms with Crippen molar-refractivity contribution in [3.8, 4) is 0 Å². The van der Waals surface area contributed by atoms with Gasteiger partial charge >= 0.3 is 24.4 Å². The van der Waals surface area contributed by atoms with Crippen molar-refractivity contribution in [1.29, 1.82) is 0 Å². The maximum atomic E-state index is 14.0. The molecule has 1 unspecified atom stereocenters. The van der Waals surface area contributed by atoms with Crippen LogP contribution in [-0.4, -0.2) is 65.0 Å². The highest BCUT2D eigenvalue weighted by atomic mass is 19.4. The molecule has 0 aromatic heterocycles. The van der Waals surface area contributed by atoms with Crippen molar-refractivity contribution in [2.24, 2.45) is 11.8 Å². The van der Waals surface area contributed by atoms with E-state index in [-0.39, 0.29) is 30.5 Å². The first-order valence-electron chi connectivity index (χ1n) is 15.0. The molecule has 4 rings (SSSR count). The van der Waals surface area contributed by atoms with Crippen molar-refractivity contribution in [2.45, 2.75) is 70.4 Å². The van der Waals surface area contributed by atoms with E-state index in [0.29, 0.717) is 42.3 Å². The third kappa shape index (κ3) is 8.47. The summed E-state index contributed by atoms with van der Waals surface area (Å²) >= 11 is 0. The zero-order valence-corrected chi connectivity index (χ0v) is 25.4. The Morgan fingerprint density at radius 1 is 0.933 bits per heavy atom. The number of hydrogen-bond donors (Lipinski definition) is 1. The topological polar surface area (TPSA) is 64.1 Å². The molecule has 2 atom stereocenters. The first kappa shape index (κ1) is 34.5. The number of alkyl halides is 6. The van der Waals surface area contributed by atoms with Gasteiger partial charge in [-0.15, -0.1) is 0 Å². The molecule has 2 aliphatic rings. The number of piperazine rings is 1. The van der Waals surface area contributed by atoms with Crippen molar-refractivity contribution in [2.75, 3.05) is 33.2 Å². The fourth-order valence-electron chi connectivity index (χ4n) is 6.56. The summed E-state index contributed by atoms with van der Waals surface area (Å²) in [5.41, 5.74) is -1.91. The molecule has 2 aromatic rings. The molecular weight excluding hydrogens is 607 g/mol. The minimum absolute atomic E-state index is 0.0588. The number of rotatable bonds is 7. The molecule has 0 bridgehead atoms. The molecule has 1 saturated carbocycles. The fourth-order valence-corrected chi connectivity index (χ4v) is 6.56. The molecule has 2 aromatic carbocycles. The van der Waals surface area contributed by atoms with Crippen LogP contribution in [0.5, 0.6) is 0 Å². The average molecular weight is 646 g/mol. The SMILES string of the molecule is Cc1cc(F)ccc1[C@H]1CN(C[C@H]2CC[C@H](CC(=O)O)CC2)CCN1C(=O)N(C)C(C)c1cc(C(F)(F)F)cc(C(F)(F)F)c1. The summed E-state index contributed by atoms with van der Waals surface area (Å²) in [4.78, 5) is 29.9. The van der Waals surface area contributed by atoms with Crippen LogP contribution in [0.15, 0.2) is 36.4 Å². The molecule has 0 radical (unpaired) electrons. The van der Waals surface area contributed by atoms with Gasteiger partial charge in [-0.1, -0.05) is 6.07 Å². The minimum atomic E-state index is -5.02. The number of aliphatic carboxylic acids is 1. The number of halogens is 7. The van der Waals surface area contributed by atoms with Crippen LogP contribution in [-0.2, 0) is 17.1 Å². The van der Waals surface area contributed by atoms with E-state index < -0.39 is 53.4 Å². The van der Waals surface area contributed by atoms with E-state index in [9.17, 15) is 40.3 Å². The molecular formula is C32H38F7N3O3. The lowest BCUT2D eigenvalue weighted by Gasteiger charge is -2.45. The molecule has 2 amide bonds. The quantitative estimate of drug-likeness (QED) is 0.311. The zero-order valence-electron chi connectivity index (χ0n) is 25.4. The van der Waals surface area contributed by atoms with Gasteiger partial charge in [0.15, 0.2) is 0 Å². The number of amides is 2. The molecule has 13 heteroatoms. The standard InChI is InChI=1S/C32H38F7N3O3/c1-19-12-26(33)8-9-27(19)28-18-41(17-22-6-4-21(5-7-22)13-29(43)44)10-11-42(28)30(45)40(3)20(2)23-14-24(31(34,35)36)16-25(15-23)32(37,38)39/h8-9,12,14-16,20-22,28H,4-7,10-11,13,17-18H2,1-3H3,(H,43,44)/t20?,21-,22-,28-/m1/s1. The van der Waals surface area contributed by atoms with E-state index in [1.165, 1.54) is 26.1 Å². The first-order chi connectivity index (χ1) is 20.9. The number of carboxylic acid groups (broad SMARTS) is 1. The highest BCUT2D eigenvalue weighted by Crippen LogP contribution is 2.39. The van der Waals surface area contributed by atoms with Crippen molar-refractivity contribution >= 4 is 12.0 Å². The van der Waals surface area contributed by atoms with E-state index in [1.807, 2.05) is 0 Å². The second-order valence-corrected chi connectivity index (χ2v) is 12.4. The van der Waals surface area contributed by atoms with Gasteiger partial charge in [0.2, 0.25) is 0 Å². The second kappa shape index (κ2) is 13.6. The molecule has 1 aliphatic carbocycles. The number of urea groups is 1. The Hall–Kier alpha value is -3.35. The second-order valence-electron chi connectivity index (χ2n) is 12.4. The molecule has 248 valence electrons. The predicted octanol–water partition coefficient (Wildman–Crippen LogP) is 7.92. The lowest BCUT2D eigenvalue weighted by atomic mass is 9.80. The monoisotopic (exact) mass is 645 g/mol. The normalized spacial score (nSPS) is 22.3. The van der Waals surface area contributed by atoms with Gasteiger partial charge in [-0.05, 0) is 98.4 Å². The summed E-state index contributed by atoms with van der Waals surface area (Å²) in [5.74, 6) is -0.747. The third-order valence-electron chi connectivity index (χ3n) is 9.22. The third-order valence-corrected chi connectivity index (χ3v) is 9.22. The van der Waals surface area contributed by atoms with E-state index in [4.69, 9.17) is 5.11 Å². The van der Waals surface area contributed by atoms with Crippen LogP contribution in [0, 0.1) is 24.6 Å². The summed E-state index contributed by atoms with van der Waals surface area (Å²) in [6.45, 7) is 4.95. The van der Waals surface area contributed by atoms with Gasteiger partial charge in [-0.25, -0.2) is 9.18 Å². The number of benzene rings is 2. The lowest BCUT2D eigenvalue weighted by Crippen LogP contribution is -2.54. The van der Waals surface area contributed by atoms with Crippen molar-refractivity contribution in [3.05, 3.63) is 70.0 Å². The summed E-state index contributed by atoms with van der Waals surface area (Å²) < 4.78 is 95.1. The summed E-state index contributed by atoms with van der Waals surface area (Å²) in [6, 6.07) is 3.33. The number of hydrogen-bond acceptors (Lipinski definition) is 3. The summed E-state index contributed by atoms with van der Waals surface area (Å²) in [6.07, 6.45) is -6.47. The van der Waals surface area contributed by atoms with E-state index in [2.05, 4.69) is 4.90 Å². The maximum Gasteiger partial charge on any atom is 0.416 e. The van der Waals surface area contributed by atoms with Gasteiger partial charge in [0.25, 0.3) is 0 Å².